The molecule has 0 radical (unpaired) electrons. The summed E-state index contributed by atoms with van der Waals surface area (Å²) in [4.78, 5) is 13.7. The number of hydrogen-bond donors (Lipinski definition) is 0. The first-order chi connectivity index (χ1) is 12.7. The van der Waals surface area contributed by atoms with Crippen LogP contribution in [0.1, 0.15) is 5.56 Å². The third-order valence-corrected chi connectivity index (χ3v) is 5.12. The first-order valence-electron chi connectivity index (χ1n) is 8.74. The number of fused-ring (bicyclic) bond motifs is 1. The molecule has 1 saturated heterocycles. The predicted octanol–water partition coefficient (Wildman–Crippen LogP) is 3.87. The Morgan fingerprint density at radius 3 is 2.81 bits per heavy atom. The highest BCUT2D eigenvalue weighted by atomic mass is 79.9. The number of para-hydroxylation sites is 1. The SMILES string of the molecule is CN(Cc1ccccc1N1CCOCC1)c1ccnc2cc(Br)cnc12. The van der Waals surface area contributed by atoms with Crippen molar-refractivity contribution in [3.05, 3.63) is 58.8 Å². The van der Waals surface area contributed by atoms with Crippen LogP contribution < -0.4 is 9.80 Å². The lowest BCUT2D eigenvalue weighted by atomic mass is 10.1. The van der Waals surface area contributed by atoms with Crippen LogP contribution >= 0.6 is 15.9 Å². The molecule has 0 spiro atoms. The lowest BCUT2D eigenvalue weighted by Gasteiger charge is -2.31. The first-order valence-corrected chi connectivity index (χ1v) is 9.53. The zero-order chi connectivity index (χ0) is 17.9. The van der Waals surface area contributed by atoms with Gasteiger partial charge in [0, 0.05) is 49.2 Å². The molecule has 1 aliphatic rings. The topological polar surface area (TPSA) is 41.5 Å². The van der Waals surface area contributed by atoms with Gasteiger partial charge in [0.1, 0.15) is 5.52 Å². The molecule has 0 aliphatic carbocycles. The smallest absolute Gasteiger partial charge is 0.112 e. The molecular weight excluding hydrogens is 392 g/mol. The molecule has 1 aliphatic heterocycles. The Balaban J connectivity index is 1.64. The zero-order valence-electron chi connectivity index (χ0n) is 14.7. The number of ether oxygens (including phenoxy) is 1. The van der Waals surface area contributed by atoms with Gasteiger partial charge in [-0.3, -0.25) is 9.97 Å². The van der Waals surface area contributed by atoms with Crippen LogP contribution in [0.5, 0.6) is 0 Å². The fraction of sp³-hybridized carbons (Fsp3) is 0.300. The molecule has 5 nitrogen and oxygen atoms in total. The minimum absolute atomic E-state index is 0.790. The number of hydrogen-bond acceptors (Lipinski definition) is 5. The molecule has 0 N–H and O–H groups in total. The second-order valence-corrected chi connectivity index (χ2v) is 7.35. The summed E-state index contributed by atoms with van der Waals surface area (Å²) in [6.07, 6.45) is 3.67. The molecule has 1 fully saturated rings. The summed E-state index contributed by atoms with van der Waals surface area (Å²) >= 11 is 3.47. The monoisotopic (exact) mass is 412 g/mol. The third kappa shape index (κ3) is 3.52. The van der Waals surface area contributed by atoms with Gasteiger partial charge >= 0.3 is 0 Å². The number of halogens is 1. The zero-order valence-corrected chi connectivity index (χ0v) is 16.3. The molecule has 6 heteroatoms. The van der Waals surface area contributed by atoms with E-state index in [0.29, 0.717) is 0 Å². The van der Waals surface area contributed by atoms with E-state index in [1.807, 2.05) is 24.5 Å². The fourth-order valence-electron chi connectivity index (χ4n) is 3.40. The van der Waals surface area contributed by atoms with E-state index in [4.69, 9.17) is 4.74 Å². The van der Waals surface area contributed by atoms with Gasteiger partial charge in [-0.2, -0.15) is 0 Å². The van der Waals surface area contributed by atoms with E-state index in [1.54, 1.807) is 0 Å². The molecule has 3 aromatic rings. The second kappa shape index (κ2) is 7.60. The van der Waals surface area contributed by atoms with Crippen LogP contribution in [0.3, 0.4) is 0 Å². The lowest BCUT2D eigenvalue weighted by molar-refractivity contribution is 0.122. The summed E-state index contributed by atoms with van der Waals surface area (Å²) in [6, 6.07) is 12.6. The van der Waals surface area contributed by atoms with Gasteiger partial charge in [-0.1, -0.05) is 18.2 Å². The van der Waals surface area contributed by atoms with E-state index >= 15 is 0 Å². The number of nitrogens with zero attached hydrogens (tertiary/aromatic N) is 4. The number of pyridine rings is 2. The van der Waals surface area contributed by atoms with Crippen LogP contribution in [0.25, 0.3) is 11.0 Å². The molecule has 1 aromatic carbocycles. The predicted molar refractivity (Wildman–Crippen MR) is 109 cm³/mol. The molecule has 134 valence electrons. The standard InChI is InChI=1S/C20H21BrN4O/c1-24(19-6-7-22-17-12-16(21)13-23-20(17)19)14-15-4-2-3-5-18(15)25-8-10-26-11-9-25/h2-7,12-13H,8-11,14H2,1H3. The quantitative estimate of drug-likeness (QED) is 0.650. The summed E-state index contributed by atoms with van der Waals surface area (Å²) in [7, 11) is 2.11. The second-order valence-electron chi connectivity index (χ2n) is 6.44. The fourth-order valence-corrected chi connectivity index (χ4v) is 3.72. The van der Waals surface area contributed by atoms with Crippen molar-refractivity contribution in [3.63, 3.8) is 0 Å². The highest BCUT2D eigenvalue weighted by Crippen LogP contribution is 2.28. The minimum atomic E-state index is 0.790. The maximum Gasteiger partial charge on any atom is 0.112 e. The van der Waals surface area contributed by atoms with Gasteiger partial charge in [0.25, 0.3) is 0 Å². The van der Waals surface area contributed by atoms with E-state index in [0.717, 1.165) is 54.0 Å². The van der Waals surface area contributed by atoms with Gasteiger partial charge in [0.2, 0.25) is 0 Å². The van der Waals surface area contributed by atoms with Gasteiger partial charge in [-0.25, -0.2) is 0 Å². The Labute approximate surface area is 161 Å². The van der Waals surface area contributed by atoms with Crippen LogP contribution in [-0.2, 0) is 11.3 Å². The van der Waals surface area contributed by atoms with Gasteiger partial charge in [-0.15, -0.1) is 0 Å². The number of rotatable bonds is 4. The Bertz CT molecular complexity index is 911. The van der Waals surface area contributed by atoms with Crippen molar-refractivity contribution in [3.8, 4) is 0 Å². The molecule has 26 heavy (non-hydrogen) atoms. The van der Waals surface area contributed by atoms with Crippen molar-refractivity contribution >= 4 is 38.3 Å². The molecule has 0 unspecified atom stereocenters. The number of benzene rings is 1. The van der Waals surface area contributed by atoms with Crippen LogP contribution in [0.2, 0.25) is 0 Å². The van der Waals surface area contributed by atoms with Crippen molar-refractivity contribution in [2.75, 3.05) is 43.2 Å². The Morgan fingerprint density at radius 1 is 1.15 bits per heavy atom. The molecule has 0 atom stereocenters. The van der Waals surface area contributed by atoms with Crippen LogP contribution in [0.15, 0.2) is 53.3 Å². The lowest BCUT2D eigenvalue weighted by Crippen LogP contribution is -2.37. The summed E-state index contributed by atoms with van der Waals surface area (Å²) in [5.74, 6) is 0. The summed E-state index contributed by atoms with van der Waals surface area (Å²) in [5, 5.41) is 0. The van der Waals surface area contributed by atoms with Crippen LogP contribution in [0.4, 0.5) is 11.4 Å². The van der Waals surface area contributed by atoms with Gasteiger partial charge in [0.15, 0.2) is 0 Å². The minimum Gasteiger partial charge on any atom is -0.378 e. The van der Waals surface area contributed by atoms with E-state index in [1.165, 1.54) is 11.3 Å². The molecule has 0 amide bonds. The summed E-state index contributed by atoms with van der Waals surface area (Å²) in [5.41, 5.74) is 5.49. The highest BCUT2D eigenvalue weighted by Gasteiger charge is 2.16. The van der Waals surface area contributed by atoms with Crippen molar-refractivity contribution < 1.29 is 4.74 Å². The normalized spacial score (nSPS) is 14.6. The number of morpholine rings is 1. The molecular formula is C20H21BrN4O. The van der Waals surface area contributed by atoms with Crippen molar-refractivity contribution in [2.45, 2.75) is 6.54 Å². The van der Waals surface area contributed by atoms with E-state index < -0.39 is 0 Å². The van der Waals surface area contributed by atoms with Crippen LogP contribution in [0, 0.1) is 0 Å². The first kappa shape index (κ1) is 17.2. The summed E-state index contributed by atoms with van der Waals surface area (Å²) in [6.45, 7) is 4.27. The summed E-state index contributed by atoms with van der Waals surface area (Å²) < 4.78 is 6.44. The van der Waals surface area contributed by atoms with E-state index in [9.17, 15) is 0 Å². The number of aromatic nitrogens is 2. The van der Waals surface area contributed by atoms with Crippen molar-refractivity contribution in [1.82, 2.24) is 9.97 Å². The molecule has 0 saturated carbocycles. The number of anilines is 2. The Kier molecular flexibility index (Phi) is 5.04. The Hall–Kier alpha value is -2.18. The third-order valence-electron chi connectivity index (χ3n) is 4.69. The van der Waals surface area contributed by atoms with E-state index in [2.05, 4.69) is 67.0 Å². The maximum absolute atomic E-state index is 5.50. The van der Waals surface area contributed by atoms with Crippen molar-refractivity contribution in [2.24, 2.45) is 0 Å². The van der Waals surface area contributed by atoms with Gasteiger partial charge in [-0.05, 0) is 39.7 Å². The van der Waals surface area contributed by atoms with Gasteiger partial charge in [0.05, 0.1) is 24.4 Å². The molecule has 3 heterocycles. The molecule has 4 rings (SSSR count). The maximum atomic E-state index is 5.50. The average Bonchev–Trinajstić information content (AvgIpc) is 2.68. The Morgan fingerprint density at radius 2 is 1.96 bits per heavy atom. The molecule has 2 aromatic heterocycles. The highest BCUT2D eigenvalue weighted by molar-refractivity contribution is 9.10. The van der Waals surface area contributed by atoms with Crippen molar-refractivity contribution in [1.29, 1.82) is 0 Å². The largest absolute Gasteiger partial charge is 0.378 e. The van der Waals surface area contributed by atoms with E-state index in [-0.39, 0.29) is 0 Å². The van der Waals surface area contributed by atoms with Gasteiger partial charge < -0.3 is 14.5 Å². The van der Waals surface area contributed by atoms with Crippen LogP contribution in [-0.4, -0.2) is 43.3 Å². The molecule has 0 bridgehead atoms. The average molecular weight is 413 g/mol.